The Morgan fingerprint density at radius 1 is 1.40 bits per heavy atom. The van der Waals surface area contributed by atoms with Gasteiger partial charge < -0.3 is 21.4 Å². The lowest BCUT2D eigenvalue weighted by atomic mass is 9.99. The van der Waals surface area contributed by atoms with Crippen LogP contribution in [0, 0.1) is 12.8 Å². The normalized spacial score (nSPS) is 13.8. The van der Waals surface area contributed by atoms with E-state index in [4.69, 9.17) is 16.0 Å². The first-order chi connectivity index (χ1) is 9.49. The minimum absolute atomic E-state index is 0.118. The lowest BCUT2D eigenvalue weighted by Gasteiger charge is -2.22. The number of aryl methyl sites for hydroxylation is 1. The van der Waals surface area contributed by atoms with Crippen LogP contribution in [0.25, 0.3) is 0 Å². The highest BCUT2D eigenvalue weighted by Crippen LogP contribution is 2.13. The second-order valence-electron chi connectivity index (χ2n) is 5.37. The summed E-state index contributed by atoms with van der Waals surface area (Å²) in [7, 11) is 0. The van der Waals surface area contributed by atoms with Crippen LogP contribution in [0.1, 0.15) is 37.0 Å². The fourth-order valence-corrected chi connectivity index (χ4v) is 2.16. The molecule has 112 valence electrons. The van der Waals surface area contributed by atoms with Gasteiger partial charge >= 0.3 is 0 Å². The van der Waals surface area contributed by atoms with Gasteiger partial charge in [0.1, 0.15) is 0 Å². The molecular weight excluding hydrogens is 254 g/mol. The summed E-state index contributed by atoms with van der Waals surface area (Å²) in [5.41, 5.74) is 8.54. The van der Waals surface area contributed by atoms with Crippen LogP contribution in [0.15, 0.2) is 23.4 Å². The van der Waals surface area contributed by atoms with Crippen molar-refractivity contribution in [2.45, 2.75) is 39.8 Å². The molecule has 0 saturated carbocycles. The standard InChI is InChI=1S/C15H25N3O2/c1-10(2)14(6-7-19)17-9-13-5-4-12(8-11(13)3)15(16)18-20/h4-5,8,10,14,17,19-20H,6-7,9H2,1-3H3,(H2,16,18). The maximum Gasteiger partial charge on any atom is 0.170 e. The summed E-state index contributed by atoms with van der Waals surface area (Å²) in [6, 6.07) is 6.02. The van der Waals surface area contributed by atoms with Crippen LogP contribution < -0.4 is 11.1 Å². The first-order valence-electron chi connectivity index (χ1n) is 6.91. The molecule has 5 N–H and O–H groups in total. The van der Waals surface area contributed by atoms with Crippen LogP contribution in [-0.4, -0.2) is 28.8 Å². The number of oxime groups is 1. The lowest BCUT2D eigenvalue weighted by molar-refractivity contribution is 0.244. The molecule has 0 aliphatic heterocycles. The molecule has 1 unspecified atom stereocenters. The summed E-state index contributed by atoms with van der Waals surface area (Å²) in [6.07, 6.45) is 0.749. The number of hydrogen-bond acceptors (Lipinski definition) is 4. The molecule has 0 spiro atoms. The molecule has 0 aliphatic carbocycles. The Labute approximate surface area is 120 Å². The highest BCUT2D eigenvalue weighted by molar-refractivity contribution is 5.97. The first kappa shape index (κ1) is 16.5. The van der Waals surface area contributed by atoms with Crippen molar-refractivity contribution in [3.05, 3.63) is 34.9 Å². The fraction of sp³-hybridized carbons (Fsp3) is 0.533. The highest BCUT2D eigenvalue weighted by atomic mass is 16.4. The molecule has 0 bridgehead atoms. The third kappa shape index (κ3) is 4.51. The molecule has 1 aromatic rings. The van der Waals surface area contributed by atoms with Crippen molar-refractivity contribution in [1.82, 2.24) is 5.32 Å². The van der Waals surface area contributed by atoms with Gasteiger partial charge in [-0.2, -0.15) is 0 Å². The number of aliphatic hydroxyl groups is 1. The van der Waals surface area contributed by atoms with Crippen molar-refractivity contribution >= 4 is 5.84 Å². The lowest BCUT2D eigenvalue weighted by Crippen LogP contribution is -2.34. The van der Waals surface area contributed by atoms with Crippen molar-refractivity contribution < 1.29 is 10.3 Å². The predicted molar refractivity (Wildman–Crippen MR) is 80.9 cm³/mol. The van der Waals surface area contributed by atoms with E-state index >= 15 is 0 Å². The van der Waals surface area contributed by atoms with Gasteiger partial charge in [0.05, 0.1) is 0 Å². The van der Waals surface area contributed by atoms with Gasteiger partial charge in [-0.3, -0.25) is 0 Å². The Bertz CT molecular complexity index is 458. The van der Waals surface area contributed by atoms with E-state index in [1.807, 2.05) is 25.1 Å². The topological polar surface area (TPSA) is 90.9 Å². The van der Waals surface area contributed by atoms with Gasteiger partial charge in [0.2, 0.25) is 0 Å². The second kappa shape index (κ2) is 7.87. The number of aliphatic hydroxyl groups excluding tert-OH is 1. The number of nitrogens with two attached hydrogens (primary N) is 1. The zero-order valence-electron chi connectivity index (χ0n) is 12.4. The van der Waals surface area contributed by atoms with Gasteiger partial charge in [0.25, 0.3) is 0 Å². The number of benzene rings is 1. The van der Waals surface area contributed by atoms with E-state index in [1.54, 1.807) is 0 Å². The molecule has 5 heteroatoms. The summed E-state index contributed by atoms with van der Waals surface area (Å²) in [4.78, 5) is 0. The zero-order chi connectivity index (χ0) is 15.1. The third-order valence-corrected chi connectivity index (χ3v) is 3.55. The molecule has 0 heterocycles. The molecule has 0 fully saturated rings. The molecule has 0 saturated heterocycles. The molecule has 0 aliphatic rings. The fourth-order valence-electron chi connectivity index (χ4n) is 2.16. The molecule has 1 atom stereocenters. The van der Waals surface area contributed by atoms with E-state index in [2.05, 4.69) is 24.3 Å². The van der Waals surface area contributed by atoms with E-state index in [9.17, 15) is 0 Å². The van der Waals surface area contributed by atoms with Crippen molar-refractivity contribution in [3.63, 3.8) is 0 Å². The predicted octanol–water partition coefficient (Wildman–Crippen LogP) is 1.59. The molecule has 0 radical (unpaired) electrons. The maximum atomic E-state index is 9.07. The van der Waals surface area contributed by atoms with Crippen LogP contribution in [0.3, 0.4) is 0 Å². The summed E-state index contributed by atoms with van der Waals surface area (Å²) in [5.74, 6) is 0.590. The Balaban J connectivity index is 2.73. The first-order valence-corrected chi connectivity index (χ1v) is 6.91. The van der Waals surface area contributed by atoms with Gasteiger partial charge in [-0.1, -0.05) is 31.1 Å². The number of nitrogens with one attached hydrogen (secondary N) is 1. The SMILES string of the molecule is Cc1cc(/C(N)=N/O)ccc1CNC(CCO)C(C)C. The Morgan fingerprint density at radius 3 is 2.60 bits per heavy atom. The zero-order valence-corrected chi connectivity index (χ0v) is 12.4. The maximum absolute atomic E-state index is 9.07. The molecule has 20 heavy (non-hydrogen) atoms. The minimum Gasteiger partial charge on any atom is -0.409 e. The summed E-state index contributed by atoms with van der Waals surface area (Å²) < 4.78 is 0. The number of amidine groups is 1. The van der Waals surface area contributed by atoms with Gasteiger partial charge in [-0.05, 0) is 36.5 Å². The minimum atomic E-state index is 0.118. The van der Waals surface area contributed by atoms with Crippen molar-refractivity contribution in [2.24, 2.45) is 16.8 Å². The van der Waals surface area contributed by atoms with Gasteiger partial charge in [-0.15, -0.1) is 0 Å². The van der Waals surface area contributed by atoms with Crippen LogP contribution in [-0.2, 0) is 6.54 Å². The van der Waals surface area contributed by atoms with Crippen LogP contribution in [0.5, 0.6) is 0 Å². The third-order valence-electron chi connectivity index (χ3n) is 3.55. The molecule has 0 aromatic heterocycles. The number of nitrogens with zero attached hydrogens (tertiary/aromatic N) is 1. The van der Waals surface area contributed by atoms with Gasteiger partial charge in [-0.25, -0.2) is 0 Å². The van der Waals surface area contributed by atoms with Crippen molar-refractivity contribution in [3.8, 4) is 0 Å². The molecule has 1 aromatic carbocycles. The largest absolute Gasteiger partial charge is 0.409 e. The van der Waals surface area contributed by atoms with Crippen molar-refractivity contribution in [2.75, 3.05) is 6.61 Å². The van der Waals surface area contributed by atoms with Crippen LogP contribution in [0.4, 0.5) is 0 Å². The number of rotatable bonds is 7. The van der Waals surface area contributed by atoms with Gasteiger partial charge in [0, 0.05) is 24.8 Å². The number of hydrogen-bond donors (Lipinski definition) is 4. The molecule has 5 nitrogen and oxygen atoms in total. The quantitative estimate of drug-likeness (QED) is 0.264. The van der Waals surface area contributed by atoms with E-state index in [1.165, 1.54) is 5.56 Å². The van der Waals surface area contributed by atoms with Crippen LogP contribution in [0.2, 0.25) is 0 Å². The smallest absolute Gasteiger partial charge is 0.170 e. The molecule has 1 rings (SSSR count). The Hall–Kier alpha value is -1.59. The average molecular weight is 279 g/mol. The van der Waals surface area contributed by atoms with Crippen molar-refractivity contribution in [1.29, 1.82) is 0 Å². The summed E-state index contributed by atoms with van der Waals surface area (Å²) in [5, 5.41) is 24.2. The molecule has 0 amide bonds. The monoisotopic (exact) mass is 279 g/mol. The van der Waals surface area contributed by atoms with E-state index < -0.39 is 0 Å². The Morgan fingerprint density at radius 2 is 2.10 bits per heavy atom. The highest BCUT2D eigenvalue weighted by Gasteiger charge is 2.12. The van der Waals surface area contributed by atoms with Crippen LogP contribution >= 0.6 is 0 Å². The summed E-state index contributed by atoms with van der Waals surface area (Å²) >= 11 is 0. The Kier molecular flexibility index (Phi) is 6.48. The average Bonchev–Trinajstić information content (AvgIpc) is 2.43. The second-order valence-corrected chi connectivity index (χ2v) is 5.37. The summed E-state index contributed by atoms with van der Waals surface area (Å²) in [6.45, 7) is 7.22. The van der Waals surface area contributed by atoms with Gasteiger partial charge in [0.15, 0.2) is 5.84 Å². The molecular formula is C15H25N3O2. The van der Waals surface area contributed by atoms with E-state index in [-0.39, 0.29) is 12.4 Å². The van der Waals surface area contributed by atoms with E-state index in [0.717, 1.165) is 18.5 Å². The van der Waals surface area contributed by atoms with E-state index in [0.29, 0.717) is 17.5 Å².